The second kappa shape index (κ2) is 8.67. The Hall–Kier alpha value is -3.19. The van der Waals surface area contributed by atoms with E-state index in [1.165, 1.54) is 4.90 Å². The maximum atomic E-state index is 12.7. The summed E-state index contributed by atoms with van der Waals surface area (Å²) in [7, 11) is 0. The van der Waals surface area contributed by atoms with Crippen LogP contribution in [-0.2, 0) is 16.0 Å². The third kappa shape index (κ3) is 4.21. The molecule has 0 spiro atoms. The van der Waals surface area contributed by atoms with E-state index in [1.807, 2.05) is 25.1 Å². The van der Waals surface area contributed by atoms with Crippen LogP contribution >= 0.6 is 0 Å². The summed E-state index contributed by atoms with van der Waals surface area (Å²) in [5, 5.41) is 2.72. The fraction of sp³-hybridized carbons (Fsp3) is 0.348. The lowest BCUT2D eigenvalue weighted by atomic mass is 10.1. The Labute approximate surface area is 175 Å². The quantitative estimate of drug-likeness (QED) is 0.712. The number of fused-ring (bicyclic) bond motifs is 1. The summed E-state index contributed by atoms with van der Waals surface area (Å²) in [6, 6.07) is 12.3. The number of benzene rings is 2. The predicted octanol–water partition coefficient (Wildman–Crippen LogP) is 3.04. The highest BCUT2D eigenvalue weighted by Crippen LogP contribution is 2.27. The first kappa shape index (κ1) is 20.1. The second-order valence-electron chi connectivity index (χ2n) is 7.45. The standard InChI is InChI=1S/C23H24N2O5/c1-2-15-5-3-6-17(11-15)30-14-21(26)24-16-8-9-19-20(12-16)23(28)25(22(19)27)13-18-7-4-10-29-18/h3,5-6,8-9,11-12,18H,2,4,7,10,13-14H2,1H3,(H,24,26). The lowest BCUT2D eigenvalue weighted by molar-refractivity contribution is -0.118. The molecule has 0 aliphatic carbocycles. The number of hydrogen-bond acceptors (Lipinski definition) is 5. The zero-order valence-electron chi connectivity index (χ0n) is 16.8. The topological polar surface area (TPSA) is 84.9 Å². The normalized spacial score (nSPS) is 17.9. The number of anilines is 1. The van der Waals surface area contributed by atoms with Crippen molar-refractivity contribution in [2.75, 3.05) is 25.1 Å². The van der Waals surface area contributed by atoms with Crippen LogP contribution in [0.1, 0.15) is 46.0 Å². The Bertz CT molecular complexity index is 981. The number of nitrogens with zero attached hydrogens (tertiary/aromatic N) is 1. The summed E-state index contributed by atoms with van der Waals surface area (Å²) < 4.78 is 11.1. The van der Waals surface area contributed by atoms with Crippen LogP contribution in [-0.4, -0.2) is 48.5 Å². The average Bonchev–Trinajstić information content (AvgIpc) is 3.35. The van der Waals surface area contributed by atoms with Crippen molar-refractivity contribution in [3.8, 4) is 5.75 Å². The molecule has 0 radical (unpaired) electrons. The van der Waals surface area contributed by atoms with Crippen molar-refractivity contribution in [3.05, 3.63) is 59.2 Å². The molecule has 1 unspecified atom stereocenters. The van der Waals surface area contributed by atoms with Gasteiger partial charge in [-0.1, -0.05) is 19.1 Å². The van der Waals surface area contributed by atoms with Gasteiger partial charge in [-0.3, -0.25) is 19.3 Å². The SMILES string of the molecule is CCc1cccc(OCC(=O)Nc2ccc3c(c2)C(=O)N(CC2CCCO2)C3=O)c1. The molecule has 1 fully saturated rings. The Kier molecular flexibility index (Phi) is 5.81. The molecule has 1 N–H and O–H groups in total. The van der Waals surface area contributed by atoms with Crippen LogP contribution in [0.4, 0.5) is 5.69 Å². The molecule has 156 valence electrons. The Morgan fingerprint density at radius 3 is 2.77 bits per heavy atom. The molecule has 30 heavy (non-hydrogen) atoms. The number of imide groups is 1. The van der Waals surface area contributed by atoms with Gasteiger partial charge in [0.15, 0.2) is 6.61 Å². The van der Waals surface area contributed by atoms with E-state index in [4.69, 9.17) is 9.47 Å². The maximum Gasteiger partial charge on any atom is 0.262 e. The summed E-state index contributed by atoms with van der Waals surface area (Å²) >= 11 is 0. The molecular formula is C23H24N2O5. The molecule has 2 aromatic rings. The summed E-state index contributed by atoms with van der Waals surface area (Å²) in [6.07, 6.45) is 2.56. The molecule has 0 aromatic heterocycles. The summed E-state index contributed by atoms with van der Waals surface area (Å²) in [5.74, 6) is -0.384. The van der Waals surface area contributed by atoms with E-state index in [2.05, 4.69) is 5.32 Å². The molecule has 7 nitrogen and oxygen atoms in total. The molecular weight excluding hydrogens is 384 g/mol. The van der Waals surface area contributed by atoms with Gasteiger partial charge in [0, 0.05) is 12.3 Å². The van der Waals surface area contributed by atoms with E-state index in [0.717, 1.165) is 24.8 Å². The van der Waals surface area contributed by atoms with Gasteiger partial charge >= 0.3 is 0 Å². The minimum absolute atomic E-state index is 0.102. The molecule has 0 saturated carbocycles. The van der Waals surface area contributed by atoms with E-state index in [0.29, 0.717) is 29.2 Å². The van der Waals surface area contributed by atoms with Crippen molar-refractivity contribution >= 4 is 23.4 Å². The Balaban J connectivity index is 1.38. The third-order valence-corrected chi connectivity index (χ3v) is 5.34. The first-order valence-corrected chi connectivity index (χ1v) is 10.2. The van der Waals surface area contributed by atoms with Crippen LogP contribution in [0.5, 0.6) is 5.75 Å². The van der Waals surface area contributed by atoms with Crippen molar-refractivity contribution in [2.24, 2.45) is 0 Å². The van der Waals surface area contributed by atoms with E-state index in [1.54, 1.807) is 24.3 Å². The van der Waals surface area contributed by atoms with Gasteiger partial charge in [-0.25, -0.2) is 0 Å². The van der Waals surface area contributed by atoms with Gasteiger partial charge in [0.1, 0.15) is 5.75 Å². The number of carbonyl (C=O) groups is 3. The highest BCUT2D eigenvalue weighted by molar-refractivity contribution is 6.21. The number of carbonyl (C=O) groups excluding carboxylic acids is 3. The summed E-state index contributed by atoms with van der Waals surface area (Å²) in [6.45, 7) is 2.82. The van der Waals surface area contributed by atoms with Crippen LogP contribution in [0, 0.1) is 0 Å². The average molecular weight is 408 g/mol. The van der Waals surface area contributed by atoms with Crippen LogP contribution < -0.4 is 10.1 Å². The fourth-order valence-electron chi connectivity index (χ4n) is 3.73. The molecule has 7 heteroatoms. The molecule has 1 atom stereocenters. The summed E-state index contributed by atoms with van der Waals surface area (Å²) in [5.41, 5.74) is 2.23. The highest BCUT2D eigenvalue weighted by atomic mass is 16.5. The molecule has 2 aromatic carbocycles. The van der Waals surface area contributed by atoms with Gasteiger partial charge in [0.05, 0.1) is 23.8 Å². The monoisotopic (exact) mass is 408 g/mol. The zero-order valence-corrected chi connectivity index (χ0v) is 16.8. The first-order chi connectivity index (χ1) is 14.5. The van der Waals surface area contributed by atoms with E-state index in [-0.39, 0.29) is 37.0 Å². The first-order valence-electron chi connectivity index (χ1n) is 10.2. The fourth-order valence-corrected chi connectivity index (χ4v) is 3.73. The molecule has 4 rings (SSSR count). The third-order valence-electron chi connectivity index (χ3n) is 5.34. The minimum Gasteiger partial charge on any atom is -0.484 e. The van der Waals surface area contributed by atoms with Gasteiger partial charge in [-0.15, -0.1) is 0 Å². The van der Waals surface area contributed by atoms with Gasteiger partial charge in [-0.05, 0) is 55.2 Å². The molecule has 2 aliphatic rings. The van der Waals surface area contributed by atoms with Gasteiger partial charge in [0.25, 0.3) is 17.7 Å². The largest absolute Gasteiger partial charge is 0.484 e. The number of nitrogens with one attached hydrogen (secondary N) is 1. The van der Waals surface area contributed by atoms with Crippen molar-refractivity contribution in [1.82, 2.24) is 4.90 Å². The van der Waals surface area contributed by atoms with E-state index < -0.39 is 0 Å². The smallest absolute Gasteiger partial charge is 0.262 e. The molecule has 2 aliphatic heterocycles. The molecule has 3 amide bonds. The number of amides is 3. The van der Waals surface area contributed by atoms with Crippen molar-refractivity contribution in [2.45, 2.75) is 32.3 Å². The van der Waals surface area contributed by atoms with E-state index in [9.17, 15) is 14.4 Å². The van der Waals surface area contributed by atoms with Crippen LogP contribution in [0.3, 0.4) is 0 Å². The van der Waals surface area contributed by atoms with Crippen LogP contribution in [0.25, 0.3) is 0 Å². The number of rotatable bonds is 7. The zero-order chi connectivity index (χ0) is 21.1. The Morgan fingerprint density at radius 1 is 1.17 bits per heavy atom. The van der Waals surface area contributed by atoms with Crippen molar-refractivity contribution in [1.29, 1.82) is 0 Å². The lowest BCUT2D eigenvalue weighted by Crippen LogP contribution is -2.36. The number of aryl methyl sites for hydroxylation is 1. The second-order valence-corrected chi connectivity index (χ2v) is 7.45. The minimum atomic E-state index is -0.353. The lowest BCUT2D eigenvalue weighted by Gasteiger charge is -2.17. The predicted molar refractivity (Wildman–Crippen MR) is 111 cm³/mol. The summed E-state index contributed by atoms with van der Waals surface area (Å²) in [4.78, 5) is 38.8. The molecule has 0 bridgehead atoms. The highest BCUT2D eigenvalue weighted by Gasteiger charge is 2.37. The number of hydrogen-bond donors (Lipinski definition) is 1. The van der Waals surface area contributed by atoms with Crippen LogP contribution in [0.2, 0.25) is 0 Å². The van der Waals surface area contributed by atoms with Gasteiger partial charge in [-0.2, -0.15) is 0 Å². The van der Waals surface area contributed by atoms with Gasteiger partial charge in [0.2, 0.25) is 0 Å². The van der Waals surface area contributed by atoms with Gasteiger partial charge < -0.3 is 14.8 Å². The Morgan fingerprint density at radius 2 is 2.00 bits per heavy atom. The number of ether oxygens (including phenoxy) is 2. The van der Waals surface area contributed by atoms with Crippen molar-refractivity contribution < 1.29 is 23.9 Å². The molecule has 1 saturated heterocycles. The van der Waals surface area contributed by atoms with Crippen LogP contribution in [0.15, 0.2) is 42.5 Å². The van der Waals surface area contributed by atoms with E-state index >= 15 is 0 Å². The molecule has 2 heterocycles. The maximum absolute atomic E-state index is 12.7. The van der Waals surface area contributed by atoms with Crippen molar-refractivity contribution in [3.63, 3.8) is 0 Å².